The molecule has 3 aromatic rings. The molecule has 2 atom stereocenters. The van der Waals surface area contributed by atoms with Gasteiger partial charge in [0.15, 0.2) is 0 Å². The number of amides is 2. The van der Waals surface area contributed by atoms with Crippen LogP contribution in [0.3, 0.4) is 0 Å². The van der Waals surface area contributed by atoms with Crippen molar-refractivity contribution in [2.45, 2.75) is 56.8 Å². The average molecular weight is 604 g/mol. The summed E-state index contributed by atoms with van der Waals surface area (Å²) < 4.78 is 31.7. The van der Waals surface area contributed by atoms with Gasteiger partial charge in [0, 0.05) is 18.5 Å². The fourth-order valence-corrected chi connectivity index (χ4v) is 4.82. The molecular formula is C29H32F3N5O4S. The Bertz CT molecular complexity index is 1310. The number of carbonyl (C=O) groups excluding carboxylic acids is 2. The summed E-state index contributed by atoms with van der Waals surface area (Å²) in [7, 11) is 0. The fourth-order valence-electron chi connectivity index (χ4n) is 4.04. The second kappa shape index (κ2) is 16.4. The van der Waals surface area contributed by atoms with Crippen LogP contribution in [0, 0.1) is 0 Å². The number of carboxylic acids is 1. The van der Waals surface area contributed by atoms with Crippen LogP contribution in [0.5, 0.6) is 0 Å². The zero-order valence-corrected chi connectivity index (χ0v) is 23.5. The third-order valence-electron chi connectivity index (χ3n) is 6.16. The van der Waals surface area contributed by atoms with Gasteiger partial charge in [-0.25, -0.2) is 4.79 Å². The number of nitrogens with one attached hydrogen (secondary N) is 3. The maximum Gasteiger partial charge on any atom is 0.490 e. The van der Waals surface area contributed by atoms with Crippen molar-refractivity contribution in [1.82, 2.24) is 20.8 Å². The largest absolute Gasteiger partial charge is 0.490 e. The van der Waals surface area contributed by atoms with Gasteiger partial charge in [-0.1, -0.05) is 84.5 Å². The standard InChI is InChI=1S/C27H31N5O2S.C2HF3O2/c33-24(30-27-32-31-25(35-27)19-21-11-5-2-6-12-21)17-16-22(15-14-20-9-3-1-4-10-20)29-26(34)23-13-7-8-18-28-23;3-2(4,5)1(6)7/h1-6,9-12,16-17,22-23,28H,7-8,13-15,18-19H2,(H,29,34)(H,30,32,33);(H,6,7)/t22-,23-;/m0./s1. The minimum atomic E-state index is -5.08. The fraction of sp³-hybridized carbons (Fsp3) is 0.345. The summed E-state index contributed by atoms with van der Waals surface area (Å²) >= 11 is 1.36. The lowest BCUT2D eigenvalue weighted by Gasteiger charge is -2.25. The first-order chi connectivity index (χ1) is 20.1. The number of hydrogen-bond acceptors (Lipinski definition) is 7. The van der Waals surface area contributed by atoms with Crippen LogP contribution in [-0.2, 0) is 27.2 Å². The van der Waals surface area contributed by atoms with Gasteiger partial charge in [0.1, 0.15) is 5.01 Å². The van der Waals surface area contributed by atoms with Gasteiger partial charge in [0.2, 0.25) is 16.9 Å². The van der Waals surface area contributed by atoms with Crippen molar-refractivity contribution in [2.24, 2.45) is 0 Å². The molecule has 2 heterocycles. The van der Waals surface area contributed by atoms with Gasteiger partial charge in [0.05, 0.1) is 6.04 Å². The molecule has 0 unspecified atom stereocenters. The quantitative estimate of drug-likeness (QED) is 0.251. The number of hydrogen-bond donors (Lipinski definition) is 4. The van der Waals surface area contributed by atoms with Crippen LogP contribution >= 0.6 is 11.3 Å². The van der Waals surface area contributed by atoms with E-state index >= 15 is 0 Å². The second-order valence-corrected chi connectivity index (χ2v) is 10.5. The number of halogens is 3. The van der Waals surface area contributed by atoms with E-state index < -0.39 is 12.1 Å². The number of nitrogens with zero attached hydrogens (tertiary/aromatic N) is 2. The first-order valence-electron chi connectivity index (χ1n) is 13.3. The third kappa shape index (κ3) is 11.8. The first kappa shape index (κ1) is 32.4. The Balaban J connectivity index is 0.000000616. The molecule has 0 radical (unpaired) electrons. The van der Waals surface area contributed by atoms with Crippen LogP contribution < -0.4 is 16.0 Å². The summed E-state index contributed by atoms with van der Waals surface area (Å²) in [5.41, 5.74) is 2.34. The van der Waals surface area contributed by atoms with E-state index in [0.717, 1.165) is 42.8 Å². The van der Waals surface area contributed by atoms with Crippen LogP contribution in [-0.4, -0.2) is 57.9 Å². The van der Waals surface area contributed by atoms with Crippen LogP contribution in [0.25, 0.3) is 0 Å². The van der Waals surface area contributed by atoms with Gasteiger partial charge in [-0.3, -0.25) is 14.9 Å². The smallest absolute Gasteiger partial charge is 0.475 e. The number of aliphatic carboxylic acids is 1. The van der Waals surface area contributed by atoms with E-state index in [4.69, 9.17) is 9.90 Å². The van der Waals surface area contributed by atoms with E-state index in [0.29, 0.717) is 18.0 Å². The van der Waals surface area contributed by atoms with Gasteiger partial charge in [0.25, 0.3) is 0 Å². The SMILES string of the molecule is O=C(C=C[C@H](CCc1ccccc1)NC(=O)[C@@H]1CCCCN1)Nc1nnc(Cc2ccccc2)s1.O=C(O)C(F)(F)F. The Morgan fingerprint density at radius 2 is 1.67 bits per heavy atom. The summed E-state index contributed by atoms with van der Waals surface area (Å²) in [6, 6.07) is 19.7. The molecule has 0 aliphatic carbocycles. The minimum absolute atomic E-state index is 0.0116. The monoisotopic (exact) mass is 603 g/mol. The molecule has 4 N–H and O–H groups in total. The van der Waals surface area contributed by atoms with Crippen LogP contribution in [0.1, 0.15) is 41.8 Å². The summed E-state index contributed by atoms with van der Waals surface area (Å²) in [5, 5.41) is 25.9. The molecule has 13 heteroatoms. The van der Waals surface area contributed by atoms with E-state index in [-0.39, 0.29) is 23.9 Å². The molecule has 4 rings (SSSR count). The number of piperidine rings is 1. The Hall–Kier alpha value is -4.10. The molecule has 1 aliphatic rings. The number of aromatic nitrogens is 2. The van der Waals surface area contributed by atoms with Crippen LogP contribution in [0.4, 0.5) is 18.3 Å². The van der Waals surface area contributed by atoms with Crippen molar-refractivity contribution in [3.63, 3.8) is 0 Å². The van der Waals surface area contributed by atoms with E-state index in [9.17, 15) is 22.8 Å². The summed E-state index contributed by atoms with van der Waals surface area (Å²) in [6.45, 7) is 0.860. The highest BCUT2D eigenvalue weighted by atomic mass is 32.1. The molecule has 1 fully saturated rings. The van der Waals surface area contributed by atoms with Crippen molar-refractivity contribution in [3.8, 4) is 0 Å². The molecule has 9 nitrogen and oxygen atoms in total. The van der Waals surface area contributed by atoms with E-state index in [1.54, 1.807) is 6.08 Å². The number of aryl methyl sites for hydroxylation is 1. The third-order valence-corrected chi connectivity index (χ3v) is 7.00. The molecule has 0 saturated carbocycles. The topological polar surface area (TPSA) is 133 Å². The highest BCUT2D eigenvalue weighted by Crippen LogP contribution is 2.19. The Kier molecular flexibility index (Phi) is 12.6. The van der Waals surface area contributed by atoms with E-state index in [1.165, 1.54) is 23.0 Å². The van der Waals surface area contributed by atoms with Crippen molar-refractivity contribution in [1.29, 1.82) is 0 Å². The zero-order chi connectivity index (χ0) is 30.4. The first-order valence-corrected chi connectivity index (χ1v) is 14.1. The van der Waals surface area contributed by atoms with Crippen molar-refractivity contribution < 1.29 is 32.7 Å². The second-order valence-electron chi connectivity index (χ2n) is 9.46. The number of anilines is 1. The lowest BCUT2D eigenvalue weighted by Crippen LogP contribution is -2.49. The molecule has 0 bridgehead atoms. The maximum atomic E-state index is 12.8. The van der Waals surface area contributed by atoms with Gasteiger partial charge in [-0.15, -0.1) is 10.2 Å². The Morgan fingerprint density at radius 3 is 2.26 bits per heavy atom. The highest BCUT2D eigenvalue weighted by Gasteiger charge is 2.38. The maximum absolute atomic E-state index is 12.8. The summed E-state index contributed by atoms with van der Waals surface area (Å²) in [6.07, 6.45) is 3.32. The molecule has 0 spiro atoms. The Labute approximate surface area is 245 Å². The van der Waals surface area contributed by atoms with E-state index in [2.05, 4.69) is 38.3 Å². The van der Waals surface area contributed by atoms with Gasteiger partial charge < -0.3 is 15.7 Å². The normalized spacial score (nSPS) is 15.7. The summed E-state index contributed by atoms with van der Waals surface area (Å²) in [5.74, 6) is -3.06. The number of alkyl halides is 3. The molecule has 2 amide bonds. The predicted octanol–water partition coefficient (Wildman–Crippen LogP) is 4.52. The molecule has 42 heavy (non-hydrogen) atoms. The lowest BCUT2D eigenvalue weighted by molar-refractivity contribution is -0.192. The van der Waals surface area contributed by atoms with Gasteiger partial charge in [-0.05, 0) is 43.4 Å². The molecule has 2 aromatic carbocycles. The molecule has 1 saturated heterocycles. The predicted molar refractivity (Wildman–Crippen MR) is 153 cm³/mol. The van der Waals surface area contributed by atoms with E-state index in [1.807, 2.05) is 48.5 Å². The number of benzene rings is 2. The summed E-state index contributed by atoms with van der Waals surface area (Å²) in [4.78, 5) is 34.2. The highest BCUT2D eigenvalue weighted by molar-refractivity contribution is 7.15. The van der Waals surface area contributed by atoms with Crippen molar-refractivity contribution in [2.75, 3.05) is 11.9 Å². The molecule has 1 aromatic heterocycles. The number of carboxylic acid groups (broad SMARTS) is 1. The number of rotatable bonds is 10. The van der Waals surface area contributed by atoms with Crippen LogP contribution in [0.2, 0.25) is 0 Å². The van der Waals surface area contributed by atoms with Gasteiger partial charge in [-0.2, -0.15) is 13.2 Å². The molecule has 224 valence electrons. The van der Waals surface area contributed by atoms with Crippen LogP contribution in [0.15, 0.2) is 72.8 Å². The Morgan fingerprint density at radius 1 is 1.02 bits per heavy atom. The average Bonchev–Trinajstić information content (AvgIpc) is 3.42. The van der Waals surface area contributed by atoms with Gasteiger partial charge >= 0.3 is 12.1 Å². The lowest BCUT2D eigenvalue weighted by atomic mass is 10.0. The molecule has 1 aliphatic heterocycles. The number of carbonyl (C=O) groups is 3. The minimum Gasteiger partial charge on any atom is -0.475 e. The van der Waals surface area contributed by atoms with Crippen molar-refractivity contribution >= 4 is 34.3 Å². The molecular weight excluding hydrogens is 571 g/mol. The zero-order valence-electron chi connectivity index (χ0n) is 22.6. The van der Waals surface area contributed by atoms with Crippen molar-refractivity contribution in [3.05, 3.63) is 89.0 Å².